The number of carbonyl (C=O) groups excluding carboxylic acids is 4. The molecule has 0 heterocycles. The maximum Gasteiger partial charge on any atom is 0.326 e. The predicted octanol–water partition coefficient (Wildman–Crippen LogP) is -3.73. The van der Waals surface area contributed by atoms with Crippen LogP contribution < -0.4 is 27.0 Å². The molecule has 5 atom stereocenters. The maximum absolute atomic E-state index is 13.1. The smallest absolute Gasteiger partial charge is 0.326 e. The molecule has 0 fully saturated rings. The Hall–Kier alpha value is -5.34. The third-order valence-electron chi connectivity index (χ3n) is 5.83. The third-order valence-corrected chi connectivity index (χ3v) is 5.83. The highest BCUT2D eigenvalue weighted by atomic mass is 16.4. The van der Waals surface area contributed by atoms with E-state index >= 15 is 0 Å². The van der Waals surface area contributed by atoms with Gasteiger partial charge in [0.1, 0.15) is 24.2 Å². The number of nitrogens with one attached hydrogen (secondary N) is 4. The van der Waals surface area contributed by atoms with E-state index in [4.69, 9.17) is 31.3 Å². The van der Waals surface area contributed by atoms with Crippen molar-refractivity contribution >= 4 is 59.4 Å². The number of amides is 4. The van der Waals surface area contributed by atoms with Crippen molar-refractivity contribution in [3.63, 3.8) is 0 Å². The number of carboxylic acids is 6. The van der Waals surface area contributed by atoms with E-state index in [9.17, 15) is 53.1 Å². The lowest BCUT2D eigenvalue weighted by Gasteiger charge is -2.26. The molecule has 0 aromatic carbocycles. The summed E-state index contributed by atoms with van der Waals surface area (Å²) in [5, 5.41) is 62.2. The molecule has 0 aliphatic heterocycles. The van der Waals surface area contributed by atoms with Gasteiger partial charge in [-0.25, -0.2) is 4.79 Å². The number of hydrogen-bond acceptors (Lipinski definition) is 11. The molecule has 45 heavy (non-hydrogen) atoms. The molecule has 0 aromatic heterocycles. The standard InChI is InChI=1S/C24H35N5O16/c25-10(9-19(38)39)20(40)26-11(1-5-15(30)31)21(41)27-12(2-6-16(32)33)22(42)28-13(3-7-17(34)35)23(43)29-14(24(44)45)4-8-18(36)37/h10-14H,1-9,25H2,(H,26,40)(H,27,41)(H,28,42)(H,29,43)(H,30,31)(H,32,33)(H,34,35)(H,36,37)(H,38,39)(H,44,45)/t10-,11-,12-,13-,14-/m0/s1. The molecule has 0 spiro atoms. The Morgan fingerprint density at radius 2 is 0.689 bits per heavy atom. The molecule has 12 N–H and O–H groups in total. The van der Waals surface area contributed by atoms with Crippen LogP contribution in [-0.4, -0.2) is 120 Å². The zero-order chi connectivity index (χ0) is 34.9. The summed E-state index contributed by atoms with van der Waals surface area (Å²) in [5.41, 5.74) is 5.46. The molecule has 0 radical (unpaired) electrons. The molecular weight excluding hydrogens is 614 g/mol. The van der Waals surface area contributed by atoms with Crippen molar-refractivity contribution in [2.75, 3.05) is 0 Å². The van der Waals surface area contributed by atoms with Gasteiger partial charge in [0.25, 0.3) is 0 Å². The van der Waals surface area contributed by atoms with Crippen molar-refractivity contribution in [1.82, 2.24) is 21.3 Å². The lowest BCUT2D eigenvalue weighted by molar-refractivity contribution is -0.144. The Bertz CT molecular complexity index is 1160. The molecular formula is C24H35N5O16. The highest BCUT2D eigenvalue weighted by Crippen LogP contribution is 2.07. The van der Waals surface area contributed by atoms with E-state index < -0.39 is 147 Å². The second-order valence-electron chi connectivity index (χ2n) is 9.52. The number of carbonyl (C=O) groups is 10. The van der Waals surface area contributed by atoms with E-state index in [1.54, 1.807) is 0 Å². The number of nitrogens with two attached hydrogens (primary N) is 1. The van der Waals surface area contributed by atoms with E-state index in [-0.39, 0.29) is 0 Å². The molecule has 21 heteroatoms. The first-order valence-corrected chi connectivity index (χ1v) is 13.1. The van der Waals surface area contributed by atoms with Crippen LogP contribution in [0.2, 0.25) is 0 Å². The summed E-state index contributed by atoms with van der Waals surface area (Å²) < 4.78 is 0. The third kappa shape index (κ3) is 17.4. The number of rotatable bonds is 23. The minimum absolute atomic E-state index is 0.577. The molecule has 21 nitrogen and oxygen atoms in total. The number of carboxylic acid groups (broad SMARTS) is 6. The topological polar surface area (TPSA) is 366 Å². The summed E-state index contributed by atoms with van der Waals surface area (Å²) in [4.78, 5) is 118. The summed E-state index contributed by atoms with van der Waals surface area (Å²) in [6.45, 7) is 0. The summed E-state index contributed by atoms with van der Waals surface area (Å²) in [7, 11) is 0. The van der Waals surface area contributed by atoms with Crippen molar-refractivity contribution < 1.29 is 78.6 Å². The van der Waals surface area contributed by atoms with Crippen LogP contribution in [0.25, 0.3) is 0 Å². The van der Waals surface area contributed by atoms with Gasteiger partial charge in [-0.05, 0) is 25.7 Å². The fourth-order valence-electron chi connectivity index (χ4n) is 3.51. The van der Waals surface area contributed by atoms with Crippen LogP contribution in [-0.2, 0) is 47.9 Å². The predicted molar refractivity (Wildman–Crippen MR) is 143 cm³/mol. The monoisotopic (exact) mass is 649 g/mol. The van der Waals surface area contributed by atoms with Gasteiger partial charge in [-0.1, -0.05) is 0 Å². The summed E-state index contributed by atoms with van der Waals surface area (Å²) in [6, 6.07) is -8.71. The van der Waals surface area contributed by atoms with Gasteiger partial charge in [-0.15, -0.1) is 0 Å². The molecule has 0 aliphatic rings. The van der Waals surface area contributed by atoms with E-state index in [1.165, 1.54) is 0 Å². The van der Waals surface area contributed by atoms with E-state index in [1.807, 2.05) is 5.32 Å². The molecule has 0 aromatic rings. The van der Waals surface area contributed by atoms with Crippen LogP contribution in [0.5, 0.6) is 0 Å². The summed E-state index contributed by atoms with van der Waals surface area (Å²) in [6.07, 6.45) is -6.17. The van der Waals surface area contributed by atoms with Gasteiger partial charge in [0.15, 0.2) is 0 Å². The molecule has 0 rings (SSSR count). The maximum atomic E-state index is 13.1. The molecule has 0 bridgehead atoms. The number of aliphatic carboxylic acids is 6. The van der Waals surface area contributed by atoms with Crippen LogP contribution in [0.15, 0.2) is 0 Å². The highest BCUT2D eigenvalue weighted by Gasteiger charge is 2.33. The van der Waals surface area contributed by atoms with Gasteiger partial charge in [0, 0.05) is 25.7 Å². The first-order chi connectivity index (χ1) is 20.8. The SMILES string of the molecule is N[C@@H](CC(=O)O)C(=O)N[C@@H](CCC(=O)O)C(=O)N[C@@H](CCC(=O)O)C(=O)N[C@@H](CCC(=O)O)C(=O)N[C@@H](CCC(=O)O)C(=O)O. The minimum atomic E-state index is -1.80. The highest BCUT2D eigenvalue weighted by molar-refractivity contribution is 5.96. The van der Waals surface area contributed by atoms with Crippen LogP contribution in [0, 0.1) is 0 Å². The van der Waals surface area contributed by atoms with Crippen molar-refractivity contribution in [3.05, 3.63) is 0 Å². The minimum Gasteiger partial charge on any atom is -0.481 e. The average Bonchev–Trinajstić information content (AvgIpc) is 2.91. The van der Waals surface area contributed by atoms with Crippen LogP contribution in [0.3, 0.4) is 0 Å². The van der Waals surface area contributed by atoms with Gasteiger partial charge < -0.3 is 57.6 Å². The van der Waals surface area contributed by atoms with Crippen molar-refractivity contribution in [3.8, 4) is 0 Å². The second kappa shape index (κ2) is 19.8. The van der Waals surface area contributed by atoms with E-state index in [0.29, 0.717) is 0 Å². The lowest BCUT2D eigenvalue weighted by Crippen LogP contribution is -2.58. The van der Waals surface area contributed by atoms with Crippen molar-refractivity contribution in [1.29, 1.82) is 0 Å². The first kappa shape index (κ1) is 39.7. The van der Waals surface area contributed by atoms with Gasteiger partial charge in [-0.3, -0.25) is 43.2 Å². The second-order valence-corrected chi connectivity index (χ2v) is 9.52. The Labute approximate surface area is 253 Å². The molecule has 0 saturated heterocycles. The Kier molecular flexibility index (Phi) is 17.4. The molecule has 4 amide bonds. The fraction of sp³-hybridized carbons (Fsp3) is 0.583. The fourth-order valence-corrected chi connectivity index (χ4v) is 3.51. The van der Waals surface area contributed by atoms with Crippen molar-refractivity contribution in [2.45, 2.75) is 88.0 Å². The zero-order valence-corrected chi connectivity index (χ0v) is 23.6. The van der Waals surface area contributed by atoms with Crippen LogP contribution >= 0.6 is 0 Å². The van der Waals surface area contributed by atoms with Crippen LogP contribution in [0.1, 0.15) is 57.8 Å². The normalized spacial score (nSPS) is 13.9. The van der Waals surface area contributed by atoms with Gasteiger partial charge >= 0.3 is 35.8 Å². The first-order valence-electron chi connectivity index (χ1n) is 13.1. The van der Waals surface area contributed by atoms with Gasteiger partial charge in [0.2, 0.25) is 23.6 Å². The Morgan fingerprint density at radius 3 is 0.956 bits per heavy atom. The zero-order valence-electron chi connectivity index (χ0n) is 23.6. The lowest BCUT2D eigenvalue weighted by atomic mass is 10.0. The average molecular weight is 650 g/mol. The molecule has 0 aliphatic carbocycles. The molecule has 0 saturated carbocycles. The summed E-state index contributed by atoms with van der Waals surface area (Å²) >= 11 is 0. The van der Waals surface area contributed by atoms with E-state index in [2.05, 4.69) is 16.0 Å². The Morgan fingerprint density at radius 1 is 0.422 bits per heavy atom. The molecule has 252 valence electrons. The number of hydrogen-bond donors (Lipinski definition) is 11. The van der Waals surface area contributed by atoms with Crippen LogP contribution in [0.4, 0.5) is 0 Å². The largest absolute Gasteiger partial charge is 0.481 e. The van der Waals surface area contributed by atoms with Gasteiger partial charge in [0.05, 0.1) is 12.5 Å². The van der Waals surface area contributed by atoms with E-state index in [0.717, 1.165) is 0 Å². The van der Waals surface area contributed by atoms with Gasteiger partial charge in [-0.2, -0.15) is 0 Å². The molecule has 0 unspecified atom stereocenters. The quantitative estimate of drug-likeness (QED) is 0.0506. The van der Waals surface area contributed by atoms with Crippen molar-refractivity contribution in [2.24, 2.45) is 5.73 Å². The summed E-state index contributed by atoms with van der Waals surface area (Å²) in [5.74, 6) is -13.7. The Balaban J connectivity index is 6.08.